The Labute approximate surface area is 170 Å². The molecule has 0 bridgehead atoms. The molecule has 2 aliphatic heterocycles. The molecule has 1 N–H and O–H groups in total. The average molecular weight is 397 g/mol. The summed E-state index contributed by atoms with van der Waals surface area (Å²) in [5.74, 6) is 1.39. The normalized spacial score (nSPS) is 24.8. The lowest BCUT2D eigenvalue weighted by atomic mass is 9.88. The summed E-state index contributed by atoms with van der Waals surface area (Å²) in [4.78, 5) is 30.8. The second kappa shape index (κ2) is 8.89. The second-order valence-electron chi connectivity index (χ2n) is 10.3. The van der Waals surface area contributed by atoms with Crippen LogP contribution in [0.3, 0.4) is 0 Å². The van der Waals surface area contributed by atoms with Crippen LogP contribution in [0.1, 0.15) is 54.9 Å². The summed E-state index contributed by atoms with van der Waals surface area (Å²) in [6.45, 7) is 19.5. The molecule has 0 saturated carbocycles. The topological polar surface area (TPSA) is 65.1 Å². The van der Waals surface area contributed by atoms with Crippen molar-refractivity contribution in [2.24, 2.45) is 11.8 Å². The monoisotopic (exact) mass is 396 g/mol. The van der Waals surface area contributed by atoms with Crippen molar-refractivity contribution in [3.63, 3.8) is 0 Å². The van der Waals surface area contributed by atoms with Crippen LogP contribution in [-0.2, 0) is 4.74 Å². The van der Waals surface area contributed by atoms with Gasteiger partial charge in [0.15, 0.2) is 0 Å². The van der Waals surface area contributed by atoms with Crippen LogP contribution in [0.5, 0.6) is 0 Å². The Balaban J connectivity index is 1.78. The van der Waals surface area contributed by atoms with Crippen molar-refractivity contribution in [3.8, 4) is 0 Å². The van der Waals surface area contributed by atoms with Gasteiger partial charge in [-0.1, -0.05) is 13.8 Å². The smallest absolute Gasteiger partial charge is 0.410 e. The first-order valence-electron chi connectivity index (χ1n) is 10.6. The third kappa shape index (κ3) is 6.54. The molecule has 7 nitrogen and oxygen atoms in total. The molecule has 28 heavy (non-hydrogen) atoms. The van der Waals surface area contributed by atoms with E-state index in [1.165, 1.54) is 6.42 Å². The molecule has 162 valence electrons. The van der Waals surface area contributed by atoms with Gasteiger partial charge in [0.2, 0.25) is 0 Å². The SMILES string of the molecule is CC1CC(C)CN(C(C)(C)CNC(=O)N2CCN(C(=O)OC(C)(C)C)CC2)C1. The molecule has 0 spiro atoms. The number of rotatable bonds is 3. The van der Waals surface area contributed by atoms with Crippen LogP contribution in [0.4, 0.5) is 9.59 Å². The standard InChI is InChI=1S/C21H40N4O3/c1-16-12-17(2)14-25(13-16)21(6,7)15-22-18(26)23-8-10-24(11-9-23)19(27)28-20(3,4)5/h16-17H,8-15H2,1-7H3,(H,22,26). The Morgan fingerprint density at radius 1 is 0.929 bits per heavy atom. The number of hydrogen-bond acceptors (Lipinski definition) is 4. The fourth-order valence-electron chi connectivity index (χ4n) is 4.09. The van der Waals surface area contributed by atoms with E-state index >= 15 is 0 Å². The number of likely N-dealkylation sites (tertiary alicyclic amines) is 1. The molecular formula is C21H40N4O3. The van der Waals surface area contributed by atoms with Crippen molar-refractivity contribution in [2.75, 3.05) is 45.8 Å². The van der Waals surface area contributed by atoms with Gasteiger partial charge >= 0.3 is 12.1 Å². The highest BCUT2D eigenvalue weighted by Gasteiger charge is 2.34. The van der Waals surface area contributed by atoms with E-state index in [0.717, 1.165) is 13.1 Å². The van der Waals surface area contributed by atoms with Crippen molar-refractivity contribution >= 4 is 12.1 Å². The number of ether oxygens (including phenoxy) is 1. The maximum absolute atomic E-state index is 12.6. The van der Waals surface area contributed by atoms with Crippen LogP contribution in [0, 0.1) is 11.8 Å². The molecule has 2 rings (SSSR count). The summed E-state index contributed by atoms with van der Waals surface area (Å²) in [6.07, 6.45) is 0.975. The molecule has 2 fully saturated rings. The van der Waals surface area contributed by atoms with Gasteiger partial charge < -0.3 is 19.9 Å². The average Bonchev–Trinajstić information content (AvgIpc) is 2.57. The minimum atomic E-state index is -0.499. The number of nitrogens with zero attached hydrogens (tertiary/aromatic N) is 3. The molecule has 2 aliphatic rings. The zero-order valence-corrected chi connectivity index (χ0v) is 18.9. The van der Waals surface area contributed by atoms with Crippen LogP contribution in [0.25, 0.3) is 0 Å². The number of piperazine rings is 1. The maximum atomic E-state index is 12.6. The molecule has 0 aliphatic carbocycles. The number of piperidine rings is 1. The Morgan fingerprint density at radius 2 is 1.43 bits per heavy atom. The Bertz CT molecular complexity index is 540. The highest BCUT2D eigenvalue weighted by atomic mass is 16.6. The van der Waals surface area contributed by atoms with Gasteiger partial charge in [0, 0.05) is 51.4 Å². The summed E-state index contributed by atoms with van der Waals surface area (Å²) in [5, 5.41) is 3.11. The van der Waals surface area contributed by atoms with Crippen LogP contribution in [-0.4, -0.2) is 83.8 Å². The van der Waals surface area contributed by atoms with E-state index in [9.17, 15) is 9.59 Å². The van der Waals surface area contributed by atoms with Gasteiger partial charge in [0.1, 0.15) is 5.60 Å². The van der Waals surface area contributed by atoms with E-state index in [1.54, 1.807) is 9.80 Å². The molecule has 2 atom stereocenters. The maximum Gasteiger partial charge on any atom is 0.410 e. The van der Waals surface area contributed by atoms with Crippen molar-refractivity contribution < 1.29 is 14.3 Å². The lowest BCUT2D eigenvalue weighted by Gasteiger charge is -2.45. The van der Waals surface area contributed by atoms with E-state index in [0.29, 0.717) is 44.6 Å². The zero-order valence-electron chi connectivity index (χ0n) is 18.9. The second-order valence-corrected chi connectivity index (χ2v) is 10.3. The molecular weight excluding hydrogens is 356 g/mol. The van der Waals surface area contributed by atoms with Crippen molar-refractivity contribution in [1.82, 2.24) is 20.0 Å². The van der Waals surface area contributed by atoms with E-state index < -0.39 is 5.60 Å². The summed E-state index contributed by atoms with van der Waals surface area (Å²) in [6, 6.07) is -0.0463. The third-order valence-electron chi connectivity index (χ3n) is 5.62. The number of amides is 3. The van der Waals surface area contributed by atoms with Gasteiger partial charge in [-0.25, -0.2) is 9.59 Å². The van der Waals surface area contributed by atoms with E-state index in [2.05, 4.69) is 37.9 Å². The molecule has 0 aromatic carbocycles. The minimum absolute atomic E-state index is 0.0463. The third-order valence-corrected chi connectivity index (χ3v) is 5.62. The van der Waals surface area contributed by atoms with Crippen LogP contribution < -0.4 is 5.32 Å². The van der Waals surface area contributed by atoms with Gasteiger partial charge in [0.25, 0.3) is 0 Å². The predicted molar refractivity (Wildman–Crippen MR) is 111 cm³/mol. The number of urea groups is 1. The number of hydrogen-bond donors (Lipinski definition) is 1. The van der Waals surface area contributed by atoms with Gasteiger partial charge in [-0.3, -0.25) is 4.90 Å². The summed E-state index contributed by atoms with van der Waals surface area (Å²) < 4.78 is 5.41. The molecule has 7 heteroatoms. The number of nitrogens with one attached hydrogen (secondary N) is 1. The van der Waals surface area contributed by atoms with Crippen molar-refractivity contribution in [2.45, 2.75) is 66.0 Å². The Hall–Kier alpha value is -1.50. The molecule has 3 amide bonds. The molecule has 2 saturated heterocycles. The highest BCUT2D eigenvalue weighted by molar-refractivity contribution is 5.75. The van der Waals surface area contributed by atoms with Gasteiger partial charge in [-0.2, -0.15) is 0 Å². The first-order chi connectivity index (χ1) is 12.9. The largest absolute Gasteiger partial charge is 0.444 e. The zero-order chi connectivity index (χ0) is 21.1. The quantitative estimate of drug-likeness (QED) is 0.796. The first kappa shape index (κ1) is 22.8. The molecule has 0 aromatic heterocycles. The molecule has 2 unspecified atom stereocenters. The fraction of sp³-hybridized carbons (Fsp3) is 0.905. The van der Waals surface area contributed by atoms with Gasteiger partial charge in [-0.15, -0.1) is 0 Å². The van der Waals surface area contributed by atoms with Crippen LogP contribution in [0.15, 0.2) is 0 Å². The summed E-state index contributed by atoms with van der Waals surface area (Å²) in [7, 11) is 0. The Morgan fingerprint density at radius 3 is 1.93 bits per heavy atom. The molecule has 0 radical (unpaired) electrons. The van der Waals surface area contributed by atoms with E-state index in [4.69, 9.17) is 4.74 Å². The van der Waals surface area contributed by atoms with E-state index in [1.807, 2.05) is 20.8 Å². The summed E-state index contributed by atoms with van der Waals surface area (Å²) >= 11 is 0. The number of carbonyl (C=O) groups is 2. The van der Waals surface area contributed by atoms with E-state index in [-0.39, 0.29) is 17.7 Å². The molecule has 0 aromatic rings. The van der Waals surface area contributed by atoms with Crippen molar-refractivity contribution in [3.05, 3.63) is 0 Å². The van der Waals surface area contributed by atoms with Gasteiger partial charge in [0.05, 0.1) is 0 Å². The fourth-order valence-corrected chi connectivity index (χ4v) is 4.09. The Kier molecular flexibility index (Phi) is 7.23. The lowest BCUT2D eigenvalue weighted by molar-refractivity contribution is 0.0166. The predicted octanol–water partition coefficient (Wildman–Crippen LogP) is 3.01. The van der Waals surface area contributed by atoms with Crippen LogP contribution >= 0.6 is 0 Å². The van der Waals surface area contributed by atoms with Gasteiger partial charge in [-0.05, 0) is 52.9 Å². The minimum Gasteiger partial charge on any atom is -0.444 e. The number of carbonyl (C=O) groups excluding carboxylic acids is 2. The first-order valence-corrected chi connectivity index (χ1v) is 10.6. The summed E-state index contributed by atoms with van der Waals surface area (Å²) in [5.41, 5.74) is -0.572. The van der Waals surface area contributed by atoms with Crippen LogP contribution in [0.2, 0.25) is 0 Å². The highest BCUT2D eigenvalue weighted by Crippen LogP contribution is 2.26. The molecule has 2 heterocycles. The lowest BCUT2D eigenvalue weighted by Crippen LogP contribution is -2.59. The van der Waals surface area contributed by atoms with Crippen molar-refractivity contribution in [1.29, 1.82) is 0 Å².